The molecular formula is C20H24O9. The maximum absolute atomic E-state index is 13.3. The molecule has 2 N–H and O–H groups in total. The summed E-state index contributed by atoms with van der Waals surface area (Å²) in [5.41, 5.74) is -6.81. The quantitative estimate of drug-likeness (QED) is 0.408. The Morgan fingerprint density at radius 3 is 2.38 bits per heavy atom. The fourth-order valence-electron chi connectivity index (χ4n) is 8.06. The third kappa shape index (κ3) is 1.35. The molecule has 158 valence electrons. The molecular weight excluding hydrogens is 384 g/mol. The lowest BCUT2D eigenvalue weighted by molar-refractivity contribution is -0.238. The highest BCUT2D eigenvalue weighted by molar-refractivity contribution is 5.93. The van der Waals surface area contributed by atoms with Crippen LogP contribution in [0.2, 0.25) is 0 Å². The number of fused-ring (bicyclic) bond motifs is 1. The van der Waals surface area contributed by atoms with Crippen LogP contribution in [0.1, 0.15) is 40.5 Å². The van der Waals surface area contributed by atoms with Crippen molar-refractivity contribution in [2.45, 2.75) is 76.3 Å². The Hall–Kier alpha value is -1.71. The molecule has 4 saturated heterocycles. The fraction of sp³-hybridized carbons (Fsp3) is 0.850. The lowest BCUT2D eigenvalue weighted by Gasteiger charge is -2.46. The van der Waals surface area contributed by atoms with Crippen LogP contribution in [-0.4, -0.2) is 63.9 Å². The number of carbonyl (C=O) groups excluding carboxylic acids is 3. The molecule has 9 heteroatoms. The van der Waals surface area contributed by atoms with Crippen LogP contribution in [0.3, 0.4) is 0 Å². The Morgan fingerprint density at radius 1 is 1.03 bits per heavy atom. The van der Waals surface area contributed by atoms with Crippen molar-refractivity contribution in [2.24, 2.45) is 28.1 Å². The molecule has 4 heterocycles. The Morgan fingerprint density at radius 2 is 1.72 bits per heavy atom. The maximum Gasteiger partial charge on any atom is 0.342 e. The Labute approximate surface area is 166 Å². The molecule has 6 rings (SSSR count). The standard InChI is InChI=1S/C20H24O9/c1-7-12(22)26-10-6-17-9-5-8(16(2,3)4)18(17)11(21)13(23)28-15(18)29-20(17,14(24)27-9)19(7,10)25/h7-11,15,21,25H,5-6H2,1-4H3/t7-,8-,9-,10+,11+,15+,17+,18+,19-,20-/m1/s1. The zero-order valence-electron chi connectivity index (χ0n) is 16.6. The molecule has 0 aromatic heterocycles. The zero-order chi connectivity index (χ0) is 20.9. The highest BCUT2D eigenvalue weighted by Gasteiger charge is 3.01. The Balaban J connectivity index is 1.68. The molecule has 0 aromatic carbocycles. The van der Waals surface area contributed by atoms with Gasteiger partial charge in [0.2, 0.25) is 11.9 Å². The van der Waals surface area contributed by atoms with Gasteiger partial charge in [-0.15, -0.1) is 0 Å². The van der Waals surface area contributed by atoms with Crippen LogP contribution in [0.15, 0.2) is 0 Å². The molecule has 29 heavy (non-hydrogen) atoms. The molecule has 2 aliphatic carbocycles. The van der Waals surface area contributed by atoms with E-state index in [2.05, 4.69) is 0 Å². The van der Waals surface area contributed by atoms with Gasteiger partial charge in [-0.1, -0.05) is 20.8 Å². The van der Waals surface area contributed by atoms with Crippen molar-refractivity contribution < 1.29 is 43.5 Å². The molecule has 0 aromatic rings. The van der Waals surface area contributed by atoms with E-state index in [4.69, 9.17) is 18.9 Å². The molecule has 0 bridgehead atoms. The van der Waals surface area contributed by atoms with Gasteiger partial charge in [0, 0.05) is 6.42 Å². The number of hydrogen-bond acceptors (Lipinski definition) is 9. The van der Waals surface area contributed by atoms with Gasteiger partial charge in [-0.05, 0) is 24.7 Å². The monoisotopic (exact) mass is 408 g/mol. The summed E-state index contributed by atoms with van der Waals surface area (Å²) in [6.07, 6.45) is -3.96. The molecule has 2 spiro atoms. The molecule has 6 fully saturated rings. The zero-order valence-corrected chi connectivity index (χ0v) is 16.6. The summed E-state index contributed by atoms with van der Waals surface area (Å²) in [7, 11) is 0. The van der Waals surface area contributed by atoms with Crippen LogP contribution in [0, 0.1) is 28.1 Å². The third-order valence-corrected chi connectivity index (χ3v) is 8.97. The van der Waals surface area contributed by atoms with Crippen molar-refractivity contribution >= 4 is 17.9 Å². The van der Waals surface area contributed by atoms with Gasteiger partial charge in [0.05, 0.1) is 16.7 Å². The minimum absolute atomic E-state index is 0.0623. The Kier molecular flexibility index (Phi) is 2.79. The van der Waals surface area contributed by atoms with Crippen LogP contribution in [-0.2, 0) is 33.3 Å². The third-order valence-electron chi connectivity index (χ3n) is 8.97. The molecule has 0 amide bonds. The normalized spacial score (nSPS) is 59.2. The predicted octanol–water partition coefficient (Wildman–Crippen LogP) is -0.340. The number of hydrogen-bond donors (Lipinski definition) is 2. The van der Waals surface area contributed by atoms with E-state index in [-0.39, 0.29) is 17.8 Å². The van der Waals surface area contributed by atoms with E-state index in [0.717, 1.165) is 0 Å². The van der Waals surface area contributed by atoms with Crippen molar-refractivity contribution in [3.63, 3.8) is 0 Å². The second kappa shape index (κ2) is 4.48. The lowest BCUT2D eigenvalue weighted by Crippen LogP contribution is -2.66. The number of carbonyl (C=O) groups is 3. The summed E-state index contributed by atoms with van der Waals surface area (Å²) >= 11 is 0. The lowest BCUT2D eigenvalue weighted by atomic mass is 9.51. The smallest absolute Gasteiger partial charge is 0.342 e. The average molecular weight is 408 g/mol. The van der Waals surface area contributed by atoms with Gasteiger partial charge in [-0.25, -0.2) is 9.59 Å². The van der Waals surface area contributed by atoms with Crippen LogP contribution in [0.5, 0.6) is 0 Å². The van der Waals surface area contributed by atoms with E-state index < -0.39 is 70.5 Å². The summed E-state index contributed by atoms with van der Waals surface area (Å²) in [6, 6.07) is 0. The van der Waals surface area contributed by atoms with E-state index in [1.807, 2.05) is 20.8 Å². The van der Waals surface area contributed by atoms with Gasteiger partial charge in [-0.3, -0.25) is 4.79 Å². The first-order valence-corrected chi connectivity index (χ1v) is 10.1. The largest absolute Gasteiger partial charge is 0.459 e. The van der Waals surface area contributed by atoms with Crippen LogP contribution in [0.4, 0.5) is 0 Å². The molecule has 9 nitrogen and oxygen atoms in total. The van der Waals surface area contributed by atoms with E-state index in [1.54, 1.807) is 0 Å². The number of ether oxygens (including phenoxy) is 4. The molecule has 10 atom stereocenters. The molecule has 0 radical (unpaired) electrons. The van der Waals surface area contributed by atoms with Crippen LogP contribution in [0.25, 0.3) is 0 Å². The first-order chi connectivity index (χ1) is 13.4. The van der Waals surface area contributed by atoms with Crippen LogP contribution >= 0.6 is 0 Å². The minimum atomic E-state index is -1.97. The first kappa shape index (κ1) is 18.1. The summed E-state index contributed by atoms with van der Waals surface area (Å²) < 4.78 is 22.9. The van der Waals surface area contributed by atoms with E-state index >= 15 is 0 Å². The molecule has 0 unspecified atom stereocenters. The summed E-state index contributed by atoms with van der Waals surface area (Å²) in [5.74, 6) is -3.52. The highest BCUT2D eigenvalue weighted by Crippen LogP contribution is 2.84. The van der Waals surface area contributed by atoms with Crippen molar-refractivity contribution in [1.82, 2.24) is 0 Å². The van der Waals surface area contributed by atoms with Crippen LogP contribution < -0.4 is 0 Å². The predicted molar refractivity (Wildman–Crippen MR) is 90.6 cm³/mol. The summed E-state index contributed by atoms with van der Waals surface area (Å²) in [6.45, 7) is 7.47. The summed E-state index contributed by atoms with van der Waals surface area (Å²) in [4.78, 5) is 38.1. The number of aliphatic hydroxyl groups excluding tert-OH is 1. The van der Waals surface area contributed by atoms with E-state index in [1.165, 1.54) is 6.92 Å². The topological polar surface area (TPSA) is 129 Å². The average Bonchev–Trinajstić information content (AvgIpc) is 3.31. The molecule has 4 aliphatic heterocycles. The van der Waals surface area contributed by atoms with Gasteiger partial charge in [0.1, 0.15) is 12.2 Å². The Bertz CT molecular complexity index is 893. The maximum atomic E-state index is 13.3. The molecule has 2 saturated carbocycles. The number of esters is 3. The second-order valence-electron chi connectivity index (χ2n) is 10.6. The number of rotatable bonds is 0. The SMILES string of the molecule is C[C@@H]1C(=O)O[C@H]2C[C@]34[C@H]5C[C@H](C(C)(C)C)[C@]36[C@@H](OC(=O)[C@@H]6O)O[C@@]4(C(=O)O5)[C@]21O. The van der Waals surface area contributed by atoms with Gasteiger partial charge in [0.25, 0.3) is 0 Å². The number of aliphatic hydroxyl groups is 2. The minimum Gasteiger partial charge on any atom is -0.459 e. The van der Waals surface area contributed by atoms with Gasteiger partial charge >= 0.3 is 17.9 Å². The van der Waals surface area contributed by atoms with Gasteiger partial charge in [-0.2, -0.15) is 0 Å². The first-order valence-electron chi connectivity index (χ1n) is 10.1. The van der Waals surface area contributed by atoms with E-state index in [0.29, 0.717) is 6.42 Å². The highest BCUT2D eigenvalue weighted by atomic mass is 16.8. The second-order valence-corrected chi connectivity index (χ2v) is 10.6. The van der Waals surface area contributed by atoms with Crippen molar-refractivity contribution in [3.8, 4) is 0 Å². The van der Waals surface area contributed by atoms with Crippen molar-refractivity contribution in [1.29, 1.82) is 0 Å². The molecule has 6 aliphatic rings. The fourth-order valence-corrected chi connectivity index (χ4v) is 8.06. The van der Waals surface area contributed by atoms with Crippen molar-refractivity contribution in [3.05, 3.63) is 0 Å². The van der Waals surface area contributed by atoms with E-state index in [9.17, 15) is 24.6 Å². The van der Waals surface area contributed by atoms with Crippen molar-refractivity contribution in [2.75, 3.05) is 0 Å². The van der Waals surface area contributed by atoms with Gasteiger partial charge < -0.3 is 29.2 Å². The summed E-state index contributed by atoms with van der Waals surface area (Å²) in [5, 5.41) is 23.0. The van der Waals surface area contributed by atoms with Gasteiger partial charge in [0.15, 0.2) is 11.7 Å².